The van der Waals surface area contributed by atoms with Crippen LogP contribution in [0.5, 0.6) is 0 Å². The van der Waals surface area contributed by atoms with Gasteiger partial charge in [0.1, 0.15) is 0 Å². The van der Waals surface area contributed by atoms with Crippen LogP contribution in [0.15, 0.2) is 15.9 Å². The minimum Gasteiger partial charge on any atom is -0.380 e. The molecule has 1 aromatic rings. The minimum atomic E-state index is 0.344. The van der Waals surface area contributed by atoms with Crippen molar-refractivity contribution in [3.63, 3.8) is 0 Å². The number of ether oxygens (including phenoxy) is 1. The van der Waals surface area contributed by atoms with Crippen LogP contribution in [0.25, 0.3) is 0 Å². The molecule has 2 nitrogen and oxygen atoms in total. The normalized spacial score (nSPS) is 19.9. The highest BCUT2D eigenvalue weighted by Gasteiger charge is 2.30. The van der Waals surface area contributed by atoms with Crippen LogP contribution < -0.4 is 5.32 Å². The van der Waals surface area contributed by atoms with Gasteiger partial charge in [0, 0.05) is 27.9 Å². The molecule has 4 heteroatoms. The average Bonchev–Trinajstić information content (AvgIpc) is 2.86. The largest absolute Gasteiger partial charge is 0.380 e. The Kier molecular flexibility index (Phi) is 7.02. The van der Waals surface area contributed by atoms with E-state index < -0.39 is 0 Å². The summed E-state index contributed by atoms with van der Waals surface area (Å²) in [5.74, 6) is 0.723. The molecule has 1 saturated carbocycles. The summed E-state index contributed by atoms with van der Waals surface area (Å²) >= 11 is 5.39. The van der Waals surface area contributed by atoms with Crippen LogP contribution >= 0.6 is 27.3 Å². The number of hydrogen-bond donors (Lipinski definition) is 1. The molecule has 1 aliphatic rings. The van der Waals surface area contributed by atoms with E-state index in [-0.39, 0.29) is 0 Å². The van der Waals surface area contributed by atoms with Gasteiger partial charge in [0.2, 0.25) is 0 Å². The lowest BCUT2D eigenvalue weighted by molar-refractivity contribution is 0.00887. The number of likely N-dealkylation sites (N-methyl/N-ethyl adjacent to an activating group) is 1. The number of rotatable bonds is 7. The molecule has 114 valence electrons. The van der Waals surface area contributed by atoms with Crippen LogP contribution in [0.2, 0.25) is 0 Å². The molecule has 1 aliphatic carbocycles. The highest BCUT2D eigenvalue weighted by molar-refractivity contribution is 9.10. The molecule has 2 atom stereocenters. The first-order valence-electron chi connectivity index (χ1n) is 7.73. The van der Waals surface area contributed by atoms with E-state index in [2.05, 4.69) is 39.6 Å². The number of nitrogens with one attached hydrogen (secondary N) is 1. The molecular weight excluding hydrogens is 334 g/mol. The monoisotopic (exact) mass is 359 g/mol. The molecule has 2 unspecified atom stereocenters. The summed E-state index contributed by atoms with van der Waals surface area (Å²) in [6.07, 6.45) is 8.21. The maximum Gasteiger partial charge on any atom is 0.0755 e. The van der Waals surface area contributed by atoms with Gasteiger partial charge >= 0.3 is 0 Å². The summed E-state index contributed by atoms with van der Waals surface area (Å²) in [6, 6.07) is 2.67. The van der Waals surface area contributed by atoms with E-state index >= 15 is 0 Å². The molecule has 20 heavy (non-hydrogen) atoms. The smallest absolute Gasteiger partial charge is 0.0755 e. The van der Waals surface area contributed by atoms with Crippen LogP contribution in [0, 0.1) is 5.92 Å². The van der Waals surface area contributed by atoms with Crippen molar-refractivity contribution in [3.05, 3.63) is 20.8 Å². The maximum absolute atomic E-state index is 5.91. The number of thiophene rings is 1. The second kappa shape index (κ2) is 8.52. The zero-order valence-corrected chi connectivity index (χ0v) is 14.9. The van der Waals surface area contributed by atoms with Gasteiger partial charge in [-0.15, -0.1) is 11.3 Å². The van der Waals surface area contributed by atoms with E-state index in [1.807, 2.05) is 18.4 Å². The van der Waals surface area contributed by atoms with E-state index in [1.165, 1.54) is 41.5 Å². The fourth-order valence-corrected chi connectivity index (χ4v) is 4.90. The third-order valence-corrected chi connectivity index (χ3v) is 6.01. The predicted molar refractivity (Wildman–Crippen MR) is 90.6 cm³/mol. The van der Waals surface area contributed by atoms with Crippen molar-refractivity contribution in [2.75, 3.05) is 13.7 Å². The Hall–Kier alpha value is 0.1000. The van der Waals surface area contributed by atoms with Gasteiger partial charge < -0.3 is 10.1 Å². The average molecular weight is 360 g/mol. The highest BCUT2D eigenvalue weighted by Crippen LogP contribution is 2.31. The molecular formula is C16H26BrNOS. The fraction of sp³-hybridized carbons (Fsp3) is 0.750. The Morgan fingerprint density at radius 1 is 1.40 bits per heavy atom. The van der Waals surface area contributed by atoms with Crippen molar-refractivity contribution in [3.8, 4) is 0 Å². The molecule has 1 aromatic heterocycles. The molecule has 0 radical (unpaired) electrons. The van der Waals surface area contributed by atoms with Crippen LogP contribution in [0.4, 0.5) is 0 Å². The molecule has 0 aromatic carbocycles. The molecule has 1 N–H and O–H groups in total. The van der Waals surface area contributed by atoms with Gasteiger partial charge in [0.05, 0.1) is 6.10 Å². The van der Waals surface area contributed by atoms with Crippen LogP contribution in [0.1, 0.15) is 43.9 Å². The van der Waals surface area contributed by atoms with Gasteiger partial charge in [-0.05, 0) is 53.7 Å². The van der Waals surface area contributed by atoms with Crippen molar-refractivity contribution < 1.29 is 4.74 Å². The van der Waals surface area contributed by atoms with Crippen molar-refractivity contribution in [2.45, 2.75) is 57.6 Å². The third kappa shape index (κ3) is 4.55. The Morgan fingerprint density at radius 3 is 2.70 bits per heavy atom. The molecule has 0 spiro atoms. The minimum absolute atomic E-state index is 0.344. The number of halogens is 1. The van der Waals surface area contributed by atoms with E-state index in [1.54, 1.807) is 0 Å². The number of methoxy groups -OCH3 is 1. The Morgan fingerprint density at radius 2 is 2.15 bits per heavy atom. The van der Waals surface area contributed by atoms with E-state index in [0.717, 1.165) is 18.9 Å². The van der Waals surface area contributed by atoms with Crippen LogP contribution in [0.3, 0.4) is 0 Å². The summed E-state index contributed by atoms with van der Waals surface area (Å²) < 4.78 is 7.11. The van der Waals surface area contributed by atoms with Gasteiger partial charge in [0.25, 0.3) is 0 Å². The zero-order valence-electron chi connectivity index (χ0n) is 12.5. The topological polar surface area (TPSA) is 21.3 Å². The quantitative estimate of drug-likeness (QED) is 0.766. The predicted octanol–water partition coefficient (Wildman–Crippen LogP) is 4.63. The summed E-state index contributed by atoms with van der Waals surface area (Å²) in [7, 11) is 1.88. The van der Waals surface area contributed by atoms with Gasteiger partial charge in [-0.1, -0.05) is 26.2 Å². The van der Waals surface area contributed by atoms with Crippen molar-refractivity contribution in [1.29, 1.82) is 0 Å². The molecule has 1 fully saturated rings. The lowest BCUT2D eigenvalue weighted by atomic mass is 9.81. The van der Waals surface area contributed by atoms with Gasteiger partial charge in [0.15, 0.2) is 0 Å². The Balaban J connectivity index is 2.03. The second-order valence-corrected chi connectivity index (χ2v) is 7.61. The van der Waals surface area contributed by atoms with Crippen molar-refractivity contribution in [2.24, 2.45) is 5.92 Å². The third-order valence-electron chi connectivity index (χ3n) is 4.29. The lowest BCUT2D eigenvalue weighted by Crippen LogP contribution is -2.46. The first kappa shape index (κ1) is 16.5. The van der Waals surface area contributed by atoms with Gasteiger partial charge in [-0.2, -0.15) is 0 Å². The standard InChI is InChI=1S/C16H26BrNOS/c1-3-18-15(10-14-9-13(17)11-20-14)16(19-2)12-7-5-4-6-8-12/h9,11-12,15-16,18H,3-8,10H2,1-2H3. The van der Waals surface area contributed by atoms with Crippen molar-refractivity contribution >= 4 is 27.3 Å². The van der Waals surface area contributed by atoms with E-state index in [0.29, 0.717) is 12.1 Å². The summed E-state index contributed by atoms with van der Waals surface area (Å²) in [5, 5.41) is 5.82. The van der Waals surface area contributed by atoms with Gasteiger partial charge in [-0.3, -0.25) is 0 Å². The maximum atomic E-state index is 5.91. The SMILES string of the molecule is CCNC(Cc1cc(Br)cs1)C(OC)C1CCCCC1. The van der Waals surface area contributed by atoms with Crippen LogP contribution in [-0.4, -0.2) is 25.8 Å². The Labute approximate surface area is 135 Å². The van der Waals surface area contributed by atoms with E-state index in [4.69, 9.17) is 4.74 Å². The first-order valence-corrected chi connectivity index (χ1v) is 9.41. The fourth-order valence-electron chi connectivity index (χ4n) is 3.39. The molecule has 0 saturated heterocycles. The Bertz CT molecular complexity index is 390. The molecule has 0 aliphatic heterocycles. The summed E-state index contributed by atoms with van der Waals surface area (Å²) in [6.45, 7) is 3.19. The molecule has 0 bridgehead atoms. The summed E-state index contributed by atoms with van der Waals surface area (Å²) in [5.41, 5.74) is 0. The lowest BCUT2D eigenvalue weighted by Gasteiger charge is -2.35. The van der Waals surface area contributed by atoms with Crippen molar-refractivity contribution in [1.82, 2.24) is 5.32 Å². The highest BCUT2D eigenvalue weighted by atomic mass is 79.9. The zero-order chi connectivity index (χ0) is 14.4. The van der Waals surface area contributed by atoms with E-state index in [9.17, 15) is 0 Å². The molecule has 2 rings (SSSR count). The second-order valence-electron chi connectivity index (χ2n) is 5.70. The van der Waals surface area contributed by atoms with Gasteiger partial charge in [-0.25, -0.2) is 0 Å². The van der Waals surface area contributed by atoms with Crippen LogP contribution in [-0.2, 0) is 11.2 Å². The molecule has 0 amide bonds. The first-order chi connectivity index (χ1) is 9.74. The number of hydrogen-bond acceptors (Lipinski definition) is 3. The summed E-state index contributed by atoms with van der Waals surface area (Å²) in [4.78, 5) is 1.43. The molecule has 1 heterocycles.